The van der Waals surface area contributed by atoms with Crippen molar-refractivity contribution in [2.24, 2.45) is 5.92 Å². The minimum Gasteiger partial charge on any atom is -0.493 e. The van der Waals surface area contributed by atoms with Crippen LogP contribution >= 0.6 is 0 Å². The first kappa shape index (κ1) is 16.2. The zero-order chi connectivity index (χ0) is 15.8. The lowest BCUT2D eigenvalue weighted by Gasteiger charge is -2.27. The van der Waals surface area contributed by atoms with Crippen LogP contribution in [0.25, 0.3) is 0 Å². The highest BCUT2D eigenvalue weighted by Crippen LogP contribution is 2.27. The van der Waals surface area contributed by atoms with Crippen molar-refractivity contribution in [3.8, 4) is 11.8 Å². The van der Waals surface area contributed by atoms with Crippen LogP contribution in [-0.2, 0) is 4.79 Å². The van der Waals surface area contributed by atoms with Gasteiger partial charge in [-0.3, -0.25) is 4.79 Å². The summed E-state index contributed by atoms with van der Waals surface area (Å²) in [5.41, 5.74) is 0.997. The fraction of sp³-hybridized carbons (Fsp3) is 0.529. The van der Waals surface area contributed by atoms with Crippen molar-refractivity contribution in [3.05, 3.63) is 24.3 Å². The number of carboxylic acid groups (broad SMARTS) is 1. The number of hydrogen-bond acceptors (Lipinski definition) is 4. The van der Waals surface area contributed by atoms with E-state index in [0.717, 1.165) is 43.5 Å². The third-order valence-corrected chi connectivity index (χ3v) is 3.98. The number of ether oxygens (including phenoxy) is 1. The van der Waals surface area contributed by atoms with Gasteiger partial charge in [0.05, 0.1) is 18.6 Å². The van der Waals surface area contributed by atoms with Gasteiger partial charge in [0.2, 0.25) is 0 Å². The highest BCUT2D eigenvalue weighted by molar-refractivity contribution is 5.70. The number of nitrogens with zero attached hydrogens (tertiary/aromatic N) is 1. The lowest BCUT2D eigenvalue weighted by atomic mass is 9.86. The van der Waals surface area contributed by atoms with Gasteiger partial charge in [0.1, 0.15) is 5.75 Å². The fourth-order valence-corrected chi connectivity index (χ4v) is 2.74. The summed E-state index contributed by atoms with van der Waals surface area (Å²) in [6, 6.07) is 10.2. The molecule has 1 aromatic carbocycles. The SMILES string of the molecule is N#CCCCOc1cccc(NC2CCC(C(=O)O)CC2)c1. The van der Waals surface area contributed by atoms with E-state index in [-0.39, 0.29) is 5.92 Å². The Morgan fingerprint density at radius 3 is 2.82 bits per heavy atom. The van der Waals surface area contributed by atoms with Gasteiger partial charge in [-0.2, -0.15) is 5.26 Å². The maximum absolute atomic E-state index is 11.0. The fourth-order valence-electron chi connectivity index (χ4n) is 2.74. The van der Waals surface area contributed by atoms with Crippen molar-refractivity contribution in [2.45, 2.75) is 44.6 Å². The molecule has 0 spiro atoms. The normalized spacial score (nSPS) is 20.9. The van der Waals surface area contributed by atoms with E-state index in [1.807, 2.05) is 24.3 Å². The van der Waals surface area contributed by atoms with Gasteiger partial charge in [-0.1, -0.05) is 6.07 Å². The lowest BCUT2D eigenvalue weighted by molar-refractivity contribution is -0.142. The lowest BCUT2D eigenvalue weighted by Crippen LogP contribution is -2.29. The third kappa shape index (κ3) is 4.96. The Morgan fingerprint density at radius 1 is 1.36 bits per heavy atom. The number of hydrogen-bond donors (Lipinski definition) is 2. The summed E-state index contributed by atoms with van der Waals surface area (Å²) < 4.78 is 5.62. The average Bonchev–Trinajstić information content (AvgIpc) is 2.52. The smallest absolute Gasteiger partial charge is 0.306 e. The number of carboxylic acids is 1. The van der Waals surface area contributed by atoms with Crippen LogP contribution < -0.4 is 10.1 Å². The summed E-state index contributed by atoms with van der Waals surface area (Å²) in [7, 11) is 0. The molecular formula is C17H22N2O3. The molecule has 118 valence electrons. The van der Waals surface area contributed by atoms with Crippen LogP contribution in [0.2, 0.25) is 0 Å². The number of aliphatic carboxylic acids is 1. The molecule has 0 radical (unpaired) electrons. The van der Waals surface area contributed by atoms with Crippen LogP contribution in [0, 0.1) is 17.2 Å². The molecular weight excluding hydrogens is 280 g/mol. The Balaban J connectivity index is 1.81. The van der Waals surface area contributed by atoms with E-state index in [1.165, 1.54) is 0 Å². The van der Waals surface area contributed by atoms with E-state index in [1.54, 1.807) is 0 Å². The van der Waals surface area contributed by atoms with E-state index in [9.17, 15) is 4.79 Å². The first-order valence-electron chi connectivity index (χ1n) is 7.78. The average molecular weight is 302 g/mol. The highest BCUT2D eigenvalue weighted by atomic mass is 16.5. The standard InChI is InChI=1S/C17H22N2O3/c18-10-1-2-11-22-16-5-3-4-15(12-16)19-14-8-6-13(7-9-14)17(20)21/h3-5,12-14,19H,1-2,6-9,11H2,(H,20,21). The molecule has 0 amide bonds. The molecule has 0 aromatic heterocycles. The van der Waals surface area contributed by atoms with Crippen molar-refractivity contribution in [1.29, 1.82) is 5.26 Å². The summed E-state index contributed by atoms with van der Waals surface area (Å²) in [6.07, 6.45) is 4.46. The van der Waals surface area contributed by atoms with Gasteiger partial charge in [-0.05, 0) is 44.2 Å². The Kier molecular flexibility index (Phi) is 6.08. The van der Waals surface area contributed by atoms with Gasteiger partial charge in [-0.15, -0.1) is 0 Å². The molecule has 0 atom stereocenters. The zero-order valence-electron chi connectivity index (χ0n) is 12.6. The third-order valence-electron chi connectivity index (χ3n) is 3.98. The molecule has 0 unspecified atom stereocenters. The maximum atomic E-state index is 11.0. The molecule has 1 aliphatic carbocycles. The summed E-state index contributed by atoms with van der Waals surface area (Å²) in [5.74, 6) is -0.0683. The monoisotopic (exact) mass is 302 g/mol. The van der Waals surface area contributed by atoms with E-state index in [2.05, 4.69) is 11.4 Å². The van der Waals surface area contributed by atoms with Crippen LogP contribution in [0.1, 0.15) is 38.5 Å². The number of benzene rings is 1. The van der Waals surface area contributed by atoms with Crippen molar-refractivity contribution in [3.63, 3.8) is 0 Å². The number of unbranched alkanes of at least 4 members (excludes halogenated alkanes) is 1. The second kappa shape index (κ2) is 8.28. The Morgan fingerprint density at radius 2 is 2.14 bits per heavy atom. The van der Waals surface area contributed by atoms with E-state index < -0.39 is 5.97 Å². The predicted octanol–water partition coefficient (Wildman–Crippen LogP) is 3.42. The van der Waals surface area contributed by atoms with Crippen LogP contribution in [0.4, 0.5) is 5.69 Å². The van der Waals surface area contributed by atoms with Crippen molar-refractivity contribution in [1.82, 2.24) is 0 Å². The van der Waals surface area contributed by atoms with Crippen LogP contribution in [0.15, 0.2) is 24.3 Å². The first-order valence-corrected chi connectivity index (χ1v) is 7.78. The summed E-state index contributed by atoms with van der Waals surface area (Å²) in [6.45, 7) is 0.542. The molecule has 5 heteroatoms. The Labute approximate surface area is 130 Å². The van der Waals surface area contributed by atoms with Gasteiger partial charge >= 0.3 is 5.97 Å². The summed E-state index contributed by atoms with van der Waals surface area (Å²) in [5, 5.41) is 21.0. The van der Waals surface area contributed by atoms with Crippen molar-refractivity contribution in [2.75, 3.05) is 11.9 Å². The van der Waals surface area contributed by atoms with Gasteiger partial charge in [0.15, 0.2) is 0 Å². The molecule has 1 aliphatic rings. The number of carbonyl (C=O) groups is 1. The molecule has 2 N–H and O–H groups in total. The maximum Gasteiger partial charge on any atom is 0.306 e. The highest BCUT2D eigenvalue weighted by Gasteiger charge is 2.25. The quantitative estimate of drug-likeness (QED) is 0.754. The molecule has 1 aromatic rings. The molecule has 0 aliphatic heterocycles. The molecule has 2 rings (SSSR count). The van der Waals surface area contributed by atoms with Gasteiger partial charge in [-0.25, -0.2) is 0 Å². The van der Waals surface area contributed by atoms with Crippen LogP contribution in [-0.4, -0.2) is 23.7 Å². The Bertz CT molecular complexity index is 531. The van der Waals surface area contributed by atoms with Gasteiger partial charge in [0.25, 0.3) is 0 Å². The second-order valence-electron chi connectivity index (χ2n) is 5.67. The number of nitriles is 1. The molecule has 0 saturated heterocycles. The molecule has 22 heavy (non-hydrogen) atoms. The molecule has 1 saturated carbocycles. The number of nitrogens with one attached hydrogen (secondary N) is 1. The molecule has 0 heterocycles. The minimum absolute atomic E-state index is 0.187. The van der Waals surface area contributed by atoms with Crippen molar-refractivity contribution >= 4 is 11.7 Å². The van der Waals surface area contributed by atoms with E-state index in [0.29, 0.717) is 19.1 Å². The largest absolute Gasteiger partial charge is 0.493 e. The van der Waals surface area contributed by atoms with Gasteiger partial charge in [0, 0.05) is 24.2 Å². The second-order valence-corrected chi connectivity index (χ2v) is 5.67. The molecule has 1 fully saturated rings. The zero-order valence-corrected chi connectivity index (χ0v) is 12.6. The predicted molar refractivity (Wildman–Crippen MR) is 83.8 cm³/mol. The molecule has 0 bridgehead atoms. The summed E-state index contributed by atoms with van der Waals surface area (Å²) in [4.78, 5) is 11.0. The first-order chi connectivity index (χ1) is 10.7. The Hall–Kier alpha value is -2.22. The van der Waals surface area contributed by atoms with E-state index in [4.69, 9.17) is 15.1 Å². The van der Waals surface area contributed by atoms with E-state index >= 15 is 0 Å². The number of rotatable bonds is 7. The van der Waals surface area contributed by atoms with Gasteiger partial charge < -0.3 is 15.2 Å². The minimum atomic E-state index is -0.675. The number of anilines is 1. The topological polar surface area (TPSA) is 82.3 Å². The molecule has 5 nitrogen and oxygen atoms in total. The van der Waals surface area contributed by atoms with Crippen LogP contribution in [0.5, 0.6) is 5.75 Å². The van der Waals surface area contributed by atoms with Crippen molar-refractivity contribution < 1.29 is 14.6 Å². The summed E-state index contributed by atoms with van der Waals surface area (Å²) >= 11 is 0. The van der Waals surface area contributed by atoms with Crippen LogP contribution in [0.3, 0.4) is 0 Å².